The molecule has 0 fully saturated rings. The average Bonchev–Trinajstić information content (AvgIpc) is 2.08. The number of benzene rings is 1. The van der Waals surface area contributed by atoms with Crippen LogP contribution in [0.5, 0.6) is 0 Å². The summed E-state index contributed by atoms with van der Waals surface area (Å²) in [5, 5.41) is 0.0992. The maximum absolute atomic E-state index is 12.7. The first-order chi connectivity index (χ1) is 5.65. The molecule has 0 spiro atoms. The van der Waals surface area contributed by atoms with E-state index < -0.39 is 5.82 Å². The van der Waals surface area contributed by atoms with Crippen LogP contribution in [0.15, 0.2) is 18.2 Å². The van der Waals surface area contributed by atoms with Crippen LogP contribution in [-0.2, 0) is 0 Å². The maximum Gasteiger partial charge on any atom is 0.141 e. The van der Waals surface area contributed by atoms with Crippen LogP contribution in [-0.4, -0.2) is 0 Å². The van der Waals surface area contributed by atoms with Gasteiger partial charge in [0.05, 0.1) is 10.9 Å². The van der Waals surface area contributed by atoms with E-state index in [0.29, 0.717) is 0 Å². The number of hydrogen-bond donors (Lipinski definition) is 0. The Bertz CT molecular complexity index is 325. The molecule has 0 aliphatic carbocycles. The van der Waals surface area contributed by atoms with Crippen molar-refractivity contribution in [2.75, 3.05) is 0 Å². The molecule has 0 N–H and O–H groups in total. The molecule has 1 aromatic carbocycles. The standard InChI is InChI=1S/C10H7ClF/c1-3-7(2)8-4-5-10(12)9(11)6-8/h1,4-6H,2H3. The van der Waals surface area contributed by atoms with Gasteiger partial charge in [-0.3, -0.25) is 0 Å². The van der Waals surface area contributed by atoms with Crippen molar-refractivity contribution >= 4 is 11.6 Å². The fourth-order valence-electron chi connectivity index (χ4n) is 0.813. The highest BCUT2D eigenvalue weighted by Crippen LogP contribution is 2.20. The third kappa shape index (κ3) is 1.78. The van der Waals surface area contributed by atoms with Crippen LogP contribution in [0.25, 0.3) is 0 Å². The van der Waals surface area contributed by atoms with Crippen molar-refractivity contribution in [3.8, 4) is 12.3 Å². The highest BCUT2D eigenvalue weighted by molar-refractivity contribution is 6.30. The number of halogens is 2. The van der Waals surface area contributed by atoms with Crippen molar-refractivity contribution < 1.29 is 4.39 Å². The van der Waals surface area contributed by atoms with Gasteiger partial charge in [-0.2, -0.15) is 0 Å². The molecule has 61 valence electrons. The number of rotatable bonds is 1. The molecule has 0 saturated carbocycles. The molecule has 1 aromatic rings. The normalized spacial score (nSPS) is 9.92. The smallest absolute Gasteiger partial charge is 0.141 e. The summed E-state index contributed by atoms with van der Waals surface area (Å²) < 4.78 is 12.7. The largest absolute Gasteiger partial charge is 0.205 e. The van der Waals surface area contributed by atoms with Crippen molar-refractivity contribution in [1.29, 1.82) is 0 Å². The lowest BCUT2D eigenvalue weighted by Crippen LogP contribution is -1.90. The zero-order chi connectivity index (χ0) is 9.14. The first kappa shape index (κ1) is 9.09. The highest BCUT2D eigenvalue weighted by atomic mass is 35.5. The lowest BCUT2D eigenvalue weighted by molar-refractivity contribution is 0.628. The van der Waals surface area contributed by atoms with E-state index in [-0.39, 0.29) is 5.02 Å². The molecule has 12 heavy (non-hydrogen) atoms. The molecule has 0 atom stereocenters. The zero-order valence-corrected chi connectivity index (χ0v) is 7.32. The van der Waals surface area contributed by atoms with E-state index in [1.54, 1.807) is 13.0 Å². The van der Waals surface area contributed by atoms with E-state index in [4.69, 9.17) is 18.0 Å². The molecular weight excluding hydrogens is 175 g/mol. The van der Waals surface area contributed by atoms with Gasteiger partial charge in [0.15, 0.2) is 0 Å². The van der Waals surface area contributed by atoms with Crippen LogP contribution in [0, 0.1) is 24.1 Å². The van der Waals surface area contributed by atoms with Gasteiger partial charge in [0.2, 0.25) is 0 Å². The van der Waals surface area contributed by atoms with Crippen LogP contribution < -0.4 is 0 Å². The Hall–Kier alpha value is -1.00. The number of terminal acetylenes is 1. The second kappa shape index (κ2) is 3.60. The minimum Gasteiger partial charge on any atom is -0.205 e. The predicted molar refractivity (Wildman–Crippen MR) is 48.3 cm³/mol. The molecule has 2 heteroatoms. The fraction of sp³-hybridized carbons (Fsp3) is 0.100. The molecule has 0 aliphatic rings. The van der Waals surface area contributed by atoms with E-state index in [1.165, 1.54) is 12.1 Å². The Balaban J connectivity index is 3.06. The highest BCUT2D eigenvalue weighted by Gasteiger charge is 2.05. The SMILES string of the molecule is C#C[C](C)c1ccc(F)c(Cl)c1. The van der Waals surface area contributed by atoms with E-state index >= 15 is 0 Å². The lowest BCUT2D eigenvalue weighted by Gasteiger charge is -2.03. The molecule has 0 aliphatic heterocycles. The van der Waals surface area contributed by atoms with Crippen molar-refractivity contribution in [3.63, 3.8) is 0 Å². The Kier molecular flexibility index (Phi) is 2.73. The van der Waals surface area contributed by atoms with Gasteiger partial charge < -0.3 is 0 Å². The second-order valence-corrected chi connectivity index (χ2v) is 2.81. The van der Waals surface area contributed by atoms with Crippen LogP contribution in [0.2, 0.25) is 5.02 Å². The van der Waals surface area contributed by atoms with Crippen LogP contribution in [0.4, 0.5) is 4.39 Å². The average molecular weight is 182 g/mol. The van der Waals surface area contributed by atoms with Crippen LogP contribution >= 0.6 is 11.6 Å². The van der Waals surface area contributed by atoms with E-state index in [9.17, 15) is 4.39 Å². The molecule has 0 saturated heterocycles. The molecule has 0 nitrogen and oxygen atoms in total. The summed E-state index contributed by atoms with van der Waals surface area (Å²) in [6.07, 6.45) is 5.17. The maximum atomic E-state index is 12.7. The van der Waals surface area contributed by atoms with Gasteiger partial charge in [0, 0.05) is 0 Å². The first-order valence-electron chi connectivity index (χ1n) is 3.40. The van der Waals surface area contributed by atoms with E-state index in [2.05, 4.69) is 5.92 Å². The first-order valence-corrected chi connectivity index (χ1v) is 3.78. The molecule has 0 unspecified atom stereocenters. The van der Waals surface area contributed by atoms with Gasteiger partial charge in [0.25, 0.3) is 0 Å². The summed E-state index contributed by atoms with van der Waals surface area (Å²) in [5.41, 5.74) is 0.781. The summed E-state index contributed by atoms with van der Waals surface area (Å²) in [6, 6.07) is 4.43. The van der Waals surface area contributed by atoms with E-state index in [0.717, 1.165) is 11.5 Å². The molecule has 1 radical (unpaired) electrons. The Labute approximate surface area is 76.4 Å². The van der Waals surface area contributed by atoms with Crippen molar-refractivity contribution in [2.45, 2.75) is 6.92 Å². The monoisotopic (exact) mass is 181 g/mol. The predicted octanol–water partition coefficient (Wildman–Crippen LogP) is 3.05. The summed E-state index contributed by atoms with van der Waals surface area (Å²) in [7, 11) is 0. The van der Waals surface area contributed by atoms with Gasteiger partial charge >= 0.3 is 0 Å². The van der Waals surface area contributed by atoms with Gasteiger partial charge in [0.1, 0.15) is 5.82 Å². The third-order valence-corrected chi connectivity index (χ3v) is 1.86. The molecule has 0 aromatic heterocycles. The molecule has 1 rings (SSSR count). The summed E-state index contributed by atoms with van der Waals surface area (Å²) in [6.45, 7) is 1.78. The summed E-state index contributed by atoms with van der Waals surface area (Å²) >= 11 is 5.56. The van der Waals surface area contributed by atoms with Crippen LogP contribution in [0.1, 0.15) is 12.5 Å². The molecule has 0 amide bonds. The minimum absolute atomic E-state index is 0.0992. The topological polar surface area (TPSA) is 0 Å². The molecular formula is C10H7ClF. The molecule has 0 heterocycles. The van der Waals surface area contributed by atoms with Gasteiger partial charge in [-0.25, -0.2) is 4.39 Å². The summed E-state index contributed by atoms with van der Waals surface area (Å²) in [4.78, 5) is 0. The third-order valence-electron chi connectivity index (χ3n) is 1.57. The van der Waals surface area contributed by atoms with E-state index in [1.807, 2.05) is 0 Å². The van der Waals surface area contributed by atoms with Crippen molar-refractivity contribution in [2.24, 2.45) is 0 Å². The van der Waals surface area contributed by atoms with Crippen molar-refractivity contribution in [1.82, 2.24) is 0 Å². The van der Waals surface area contributed by atoms with Gasteiger partial charge in [-0.05, 0) is 24.6 Å². The van der Waals surface area contributed by atoms with Gasteiger partial charge in [-0.1, -0.05) is 23.6 Å². The minimum atomic E-state index is -0.426. The second-order valence-electron chi connectivity index (χ2n) is 2.40. The Morgan fingerprint density at radius 2 is 2.25 bits per heavy atom. The van der Waals surface area contributed by atoms with Crippen molar-refractivity contribution in [3.05, 3.63) is 40.5 Å². The van der Waals surface area contributed by atoms with Gasteiger partial charge in [-0.15, -0.1) is 6.42 Å². The number of hydrogen-bond acceptors (Lipinski definition) is 0. The fourth-order valence-corrected chi connectivity index (χ4v) is 0.993. The zero-order valence-electron chi connectivity index (χ0n) is 6.57. The summed E-state index contributed by atoms with van der Waals surface area (Å²) in [5.74, 6) is 2.78. The lowest BCUT2D eigenvalue weighted by atomic mass is 10.0. The quantitative estimate of drug-likeness (QED) is 0.585. The Morgan fingerprint density at radius 3 is 2.75 bits per heavy atom. The Morgan fingerprint density at radius 1 is 1.58 bits per heavy atom. The molecule has 0 bridgehead atoms. The van der Waals surface area contributed by atoms with Crippen LogP contribution in [0.3, 0.4) is 0 Å².